The normalized spacial score (nSPS) is 21.1. The molecule has 3 heteroatoms. The van der Waals surface area contributed by atoms with Gasteiger partial charge in [-0.05, 0) is 49.2 Å². The number of ether oxygens (including phenoxy) is 1. The SMILES string of the molecule is CCOC1(C(NC)c2ccsc2)CCCC1. The monoisotopic (exact) mass is 239 g/mol. The van der Waals surface area contributed by atoms with Crippen LogP contribution in [0.15, 0.2) is 16.8 Å². The summed E-state index contributed by atoms with van der Waals surface area (Å²) in [6.45, 7) is 2.91. The van der Waals surface area contributed by atoms with Crippen LogP contribution < -0.4 is 5.32 Å². The maximum absolute atomic E-state index is 6.11. The number of nitrogens with one attached hydrogen (secondary N) is 1. The summed E-state index contributed by atoms with van der Waals surface area (Å²) in [7, 11) is 2.04. The summed E-state index contributed by atoms with van der Waals surface area (Å²) in [6.07, 6.45) is 4.95. The summed E-state index contributed by atoms with van der Waals surface area (Å²) in [5, 5.41) is 7.84. The molecule has 1 saturated carbocycles. The maximum Gasteiger partial charge on any atom is 0.0876 e. The van der Waals surface area contributed by atoms with Gasteiger partial charge in [-0.3, -0.25) is 0 Å². The molecule has 0 bridgehead atoms. The van der Waals surface area contributed by atoms with E-state index in [1.165, 1.54) is 31.2 Å². The van der Waals surface area contributed by atoms with Gasteiger partial charge in [0, 0.05) is 6.61 Å². The van der Waals surface area contributed by atoms with Gasteiger partial charge in [0.25, 0.3) is 0 Å². The number of likely N-dealkylation sites (N-methyl/N-ethyl adjacent to an activating group) is 1. The average molecular weight is 239 g/mol. The predicted molar refractivity (Wildman–Crippen MR) is 68.9 cm³/mol. The van der Waals surface area contributed by atoms with Crippen molar-refractivity contribution in [2.45, 2.75) is 44.2 Å². The molecule has 1 unspecified atom stereocenters. The first-order valence-corrected chi connectivity index (χ1v) is 7.10. The van der Waals surface area contributed by atoms with Crippen molar-refractivity contribution >= 4 is 11.3 Å². The minimum Gasteiger partial charge on any atom is -0.373 e. The van der Waals surface area contributed by atoms with E-state index in [0.717, 1.165) is 6.61 Å². The first kappa shape index (κ1) is 12.1. The Morgan fingerprint density at radius 2 is 2.25 bits per heavy atom. The Morgan fingerprint density at radius 3 is 2.75 bits per heavy atom. The molecular formula is C13H21NOS. The van der Waals surface area contributed by atoms with E-state index in [4.69, 9.17) is 4.74 Å². The second-order valence-corrected chi connectivity index (χ2v) is 5.26. The molecule has 1 aliphatic rings. The standard InChI is InChI=1S/C13H21NOS/c1-3-15-13(7-4-5-8-13)12(14-2)11-6-9-16-10-11/h6,9-10,12,14H,3-5,7-8H2,1-2H3. The highest BCUT2D eigenvalue weighted by molar-refractivity contribution is 7.07. The van der Waals surface area contributed by atoms with Gasteiger partial charge in [-0.2, -0.15) is 11.3 Å². The Bertz CT molecular complexity index is 304. The summed E-state index contributed by atoms with van der Waals surface area (Å²) in [5.41, 5.74) is 1.41. The molecule has 0 radical (unpaired) electrons. The van der Waals surface area contributed by atoms with Crippen molar-refractivity contribution in [1.29, 1.82) is 0 Å². The lowest BCUT2D eigenvalue weighted by Gasteiger charge is -2.37. The Hall–Kier alpha value is -0.380. The highest BCUT2D eigenvalue weighted by atomic mass is 32.1. The molecule has 1 aliphatic carbocycles. The van der Waals surface area contributed by atoms with Crippen LogP contribution in [0.1, 0.15) is 44.2 Å². The molecule has 1 aromatic rings. The van der Waals surface area contributed by atoms with Crippen molar-refractivity contribution in [3.05, 3.63) is 22.4 Å². The highest BCUT2D eigenvalue weighted by Crippen LogP contribution is 2.43. The molecule has 0 saturated heterocycles. The summed E-state index contributed by atoms with van der Waals surface area (Å²) < 4.78 is 6.11. The van der Waals surface area contributed by atoms with E-state index < -0.39 is 0 Å². The zero-order chi connectivity index (χ0) is 11.4. The number of rotatable bonds is 5. The molecule has 1 atom stereocenters. The highest BCUT2D eigenvalue weighted by Gasteiger charge is 2.42. The molecule has 1 N–H and O–H groups in total. The van der Waals surface area contributed by atoms with E-state index in [1.54, 1.807) is 11.3 Å². The average Bonchev–Trinajstić information content (AvgIpc) is 2.92. The fraction of sp³-hybridized carbons (Fsp3) is 0.692. The van der Waals surface area contributed by atoms with E-state index in [0.29, 0.717) is 6.04 Å². The van der Waals surface area contributed by atoms with Gasteiger partial charge in [-0.15, -0.1) is 0 Å². The van der Waals surface area contributed by atoms with Crippen LogP contribution in [0.3, 0.4) is 0 Å². The zero-order valence-corrected chi connectivity index (χ0v) is 11.0. The fourth-order valence-corrected chi connectivity index (χ4v) is 3.64. The van der Waals surface area contributed by atoms with Gasteiger partial charge in [0.05, 0.1) is 11.6 Å². The molecule has 16 heavy (non-hydrogen) atoms. The van der Waals surface area contributed by atoms with Gasteiger partial charge in [-0.25, -0.2) is 0 Å². The lowest BCUT2D eigenvalue weighted by molar-refractivity contribution is -0.0609. The van der Waals surface area contributed by atoms with Gasteiger partial charge in [0.2, 0.25) is 0 Å². The van der Waals surface area contributed by atoms with Gasteiger partial charge < -0.3 is 10.1 Å². The third-order valence-electron chi connectivity index (χ3n) is 3.57. The lowest BCUT2D eigenvalue weighted by Crippen LogP contribution is -2.42. The van der Waals surface area contributed by atoms with Gasteiger partial charge in [-0.1, -0.05) is 12.8 Å². The molecule has 1 heterocycles. The largest absolute Gasteiger partial charge is 0.373 e. The van der Waals surface area contributed by atoms with Gasteiger partial charge >= 0.3 is 0 Å². The third-order valence-corrected chi connectivity index (χ3v) is 4.27. The summed E-state index contributed by atoms with van der Waals surface area (Å²) >= 11 is 1.76. The Balaban J connectivity index is 2.23. The fourth-order valence-electron chi connectivity index (χ4n) is 2.95. The van der Waals surface area contributed by atoms with E-state index in [2.05, 4.69) is 29.1 Å². The molecular weight excluding hydrogens is 218 g/mol. The maximum atomic E-state index is 6.11. The van der Waals surface area contributed by atoms with Gasteiger partial charge in [0.1, 0.15) is 0 Å². The van der Waals surface area contributed by atoms with E-state index in [1.807, 2.05) is 7.05 Å². The molecule has 0 amide bonds. The summed E-state index contributed by atoms with van der Waals surface area (Å²) in [6, 6.07) is 2.56. The van der Waals surface area contributed by atoms with Crippen LogP contribution in [0.4, 0.5) is 0 Å². The number of hydrogen-bond donors (Lipinski definition) is 1. The van der Waals surface area contributed by atoms with Crippen LogP contribution in [-0.2, 0) is 4.74 Å². The Kier molecular flexibility index (Phi) is 4.00. The van der Waals surface area contributed by atoms with E-state index in [9.17, 15) is 0 Å². The molecule has 90 valence electrons. The first-order chi connectivity index (χ1) is 7.82. The van der Waals surface area contributed by atoms with Crippen LogP contribution in [-0.4, -0.2) is 19.3 Å². The number of hydrogen-bond acceptors (Lipinski definition) is 3. The minimum atomic E-state index is 0.0323. The van der Waals surface area contributed by atoms with Crippen molar-refractivity contribution in [2.75, 3.05) is 13.7 Å². The molecule has 2 nitrogen and oxygen atoms in total. The summed E-state index contributed by atoms with van der Waals surface area (Å²) in [5.74, 6) is 0. The lowest BCUT2D eigenvalue weighted by atomic mass is 9.88. The second-order valence-electron chi connectivity index (χ2n) is 4.48. The van der Waals surface area contributed by atoms with Crippen molar-refractivity contribution in [1.82, 2.24) is 5.32 Å². The quantitative estimate of drug-likeness (QED) is 0.850. The first-order valence-electron chi connectivity index (χ1n) is 6.16. The van der Waals surface area contributed by atoms with Crippen molar-refractivity contribution in [2.24, 2.45) is 0 Å². The van der Waals surface area contributed by atoms with Gasteiger partial charge in [0.15, 0.2) is 0 Å². The Labute approximate surface area is 102 Å². The van der Waals surface area contributed by atoms with E-state index >= 15 is 0 Å². The van der Waals surface area contributed by atoms with Crippen LogP contribution in [0.5, 0.6) is 0 Å². The summed E-state index contributed by atoms with van der Waals surface area (Å²) in [4.78, 5) is 0. The van der Waals surface area contributed by atoms with E-state index in [-0.39, 0.29) is 5.60 Å². The minimum absolute atomic E-state index is 0.0323. The predicted octanol–water partition coefficient (Wildman–Crippen LogP) is 3.36. The molecule has 0 aromatic carbocycles. The van der Waals surface area contributed by atoms with Crippen LogP contribution in [0, 0.1) is 0 Å². The topological polar surface area (TPSA) is 21.3 Å². The van der Waals surface area contributed by atoms with Crippen LogP contribution >= 0.6 is 11.3 Å². The molecule has 1 aromatic heterocycles. The van der Waals surface area contributed by atoms with Crippen molar-refractivity contribution in [3.8, 4) is 0 Å². The molecule has 1 fully saturated rings. The zero-order valence-electron chi connectivity index (χ0n) is 10.2. The third kappa shape index (κ3) is 2.17. The second kappa shape index (κ2) is 5.30. The molecule has 2 rings (SSSR count). The van der Waals surface area contributed by atoms with Crippen molar-refractivity contribution in [3.63, 3.8) is 0 Å². The van der Waals surface area contributed by atoms with Crippen LogP contribution in [0.2, 0.25) is 0 Å². The number of thiophene rings is 1. The van der Waals surface area contributed by atoms with Crippen molar-refractivity contribution < 1.29 is 4.74 Å². The Morgan fingerprint density at radius 1 is 1.50 bits per heavy atom. The van der Waals surface area contributed by atoms with Crippen LogP contribution in [0.25, 0.3) is 0 Å². The molecule has 0 spiro atoms. The molecule has 0 aliphatic heterocycles. The smallest absolute Gasteiger partial charge is 0.0876 e.